The van der Waals surface area contributed by atoms with Gasteiger partial charge in [0.05, 0.1) is 12.7 Å². The molecule has 2 rings (SSSR count). The fourth-order valence-corrected chi connectivity index (χ4v) is 1.48. The van der Waals surface area contributed by atoms with E-state index in [1.54, 1.807) is 6.07 Å². The number of methoxy groups -OCH3 is 1. The summed E-state index contributed by atoms with van der Waals surface area (Å²) in [5, 5.41) is 0. The SMILES string of the molecule is COC(=O)c1ccc(C2CC2)cc1F. The third-order valence-electron chi connectivity index (χ3n) is 2.45. The van der Waals surface area contributed by atoms with Crippen molar-refractivity contribution >= 4 is 5.97 Å². The summed E-state index contributed by atoms with van der Waals surface area (Å²) in [6.07, 6.45) is 2.24. The van der Waals surface area contributed by atoms with E-state index in [1.807, 2.05) is 0 Å². The van der Waals surface area contributed by atoms with E-state index in [0.29, 0.717) is 5.92 Å². The number of carbonyl (C=O) groups is 1. The van der Waals surface area contributed by atoms with Gasteiger partial charge in [0.15, 0.2) is 0 Å². The van der Waals surface area contributed by atoms with E-state index in [0.717, 1.165) is 18.4 Å². The standard InChI is InChI=1S/C11H11FO2/c1-14-11(13)9-5-4-8(6-10(9)12)7-2-3-7/h4-7H,2-3H2,1H3. The fourth-order valence-electron chi connectivity index (χ4n) is 1.48. The van der Waals surface area contributed by atoms with Crippen LogP contribution in [0.25, 0.3) is 0 Å². The molecule has 3 heteroatoms. The van der Waals surface area contributed by atoms with Crippen molar-refractivity contribution in [1.82, 2.24) is 0 Å². The molecule has 1 aromatic carbocycles. The van der Waals surface area contributed by atoms with Gasteiger partial charge in [0.2, 0.25) is 0 Å². The van der Waals surface area contributed by atoms with Crippen LogP contribution in [-0.2, 0) is 4.74 Å². The Hall–Kier alpha value is -1.38. The summed E-state index contributed by atoms with van der Waals surface area (Å²) < 4.78 is 17.8. The first-order valence-corrected chi connectivity index (χ1v) is 4.60. The largest absolute Gasteiger partial charge is 0.465 e. The van der Waals surface area contributed by atoms with E-state index < -0.39 is 11.8 Å². The predicted molar refractivity (Wildman–Crippen MR) is 49.7 cm³/mol. The van der Waals surface area contributed by atoms with Gasteiger partial charge in [0.25, 0.3) is 0 Å². The molecule has 14 heavy (non-hydrogen) atoms. The van der Waals surface area contributed by atoms with Gasteiger partial charge in [-0.3, -0.25) is 0 Å². The third-order valence-corrected chi connectivity index (χ3v) is 2.45. The molecule has 2 nitrogen and oxygen atoms in total. The first kappa shape index (κ1) is 9.19. The maximum atomic E-state index is 13.4. The smallest absolute Gasteiger partial charge is 0.340 e. The lowest BCUT2D eigenvalue weighted by atomic mass is 10.1. The van der Waals surface area contributed by atoms with Gasteiger partial charge in [0, 0.05) is 0 Å². The van der Waals surface area contributed by atoms with E-state index in [2.05, 4.69) is 4.74 Å². The Kier molecular flexibility index (Phi) is 2.23. The molecule has 0 atom stereocenters. The van der Waals surface area contributed by atoms with Crippen LogP contribution in [0.3, 0.4) is 0 Å². The van der Waals surface area contributed by atoms with Gasteiger partial charge >= 0.3 is 5.97 Å². The molecule has 1 aliphatic rings. The molecule has 0 spiro atoms. The third kappa shape index (κ3) is 1.62. The highest BCUT2D eigenvalue weighted by Crippen LogP contribution is 2.40. The summed E-state index contributed by atoms with van der Waals surface area (Å²) in [5.41, 5.74) is 0.993. The van der Waals surface area contributed by atoms with Crippen molar-refractivity contribution in [2.45, 2.75) is 18.8 Å². The van der Waals surface area contributed by atoms with E-state index in [-0.39, 0.29) is 5.56 Å². The van der Waals surface area contributed by atoms with Crippen molar-refractivity contribution in [1.29, 1.82) is 0 Å². The molecule has 0 aliphatic heterocycles. The molecule has 1 fully saturated rings. The van der Waals surface area contributed by atoms with E-state index >= 15 is 0 Å². The van der Waals surface area contributed by atoms with E-state index in [1.165, 1.54) is 19.2 Å². The zero-order chi connectivity index (χ0) is 10.1. The summed E-state index contributed by atoms with van der Waals surface area (Å²) in [6, 6.07) is 4.73. The topological polar surface area (TPSA) is 26.3 Å². The minimum Gasteiger partial charge on any atom is -0.465 e. The van der Waals surface area contributed by atoms with Crippen LogP contribution in [0.15, 0.2) is 18.2 Å². The normalized spacial score (nSPS) is 15.3. The van der Waals surface area contributed by atoms with Crippen LogP contribution in [0.5, 0.6) is 0 Å². The molecule has 74 valence electrons. The van der Waals surface area contributed by atoms with Crippen molar-refractivity contribution in [2.75, 3.05) is 7.11 Å². The maximum Gasteiger partial charge on any atom is 0.340 e. The summed E-state index contributed by atoms with van der Waals surface area (Å²) in [5.74, 6) is -0.609. The summed E-state index contributed by atoms with van der Waals surface area (Å²) in [7, 11) is 1.25. The van der Waals surface area contributed by atoms with Crippen LogP contribution in [-0.4, -0.2) is 13.1 Å². The number of hydrogen-bond donors (Lipinski definition) is 0. The van der Waals surface area contributed by atoms with Crippen molar-refractivity contribution < 1.29 is 13.9 Å². The molecule has 1 saturated carbocycles. The lowest BCUT2D eigenvalue weighted by molar-refractivity contribution is 0.0595. The average molecular weight is 194 g/mol. The Morgan fingerprint density at radius 1 is 1.50 bits per heavy atom. The molecule has 0 unspecified atom stereocenters. The Morgan fingerprint density at radius 3 is 2.71 bits per heavy atom. The molecule has 0 amide bonds. The predicted octanol–water partition coefficient (Wildman–Crippen LogP) is 2.49. The summed E-state index contributed by atoms with van der Waals surface area (Å²) >= 11 is 0. The lowest BCUT2D eigenvalue weighted by Crippen LogP contribution is -2.04. The highest BCUT2D eigenvalue weighted by atomic mass is 19.1. The van der Waals surface area contributed by atoms with Gasteiger partial charge in [-0.25, -0.2) is 9.18 Å². The number of halogens is 1. The van der Waals surface area contributed by atoms with Crippen LogP contribution in [0.4, 0.5) is 4.39 Å². The highest BCUT2D eigenvalue weighted by molar-refractivity contribution is 5.89. The zero-order valence-electron chi connectivity index (χ0n) is 7.92. The zero-order valence-corrected chi connectivity index (χ0v) is 7.92. The number of rotatable bonds is 2. The Bertz CT molecular complexity index is 370. The van der Waals surface area contributed by atoms with Crippen LogP contribution >= 0.6 is 0 Å². The molecule has 0 bridgehead atoms. The average Bonchev–Trinajstić information content (AvgIpc) is 3.00. The van der Waals surface area contributed by atoms with Crippen LogP contribution in [0.1, 0.15) is 34.7 Å². The van der Waals surface area contributed by atoms with E-state index in [4.69, 9.17) is 0 Å². The van der Waals surface area contributed by atoms with Crippen LogP contribution in [0, 0.1) is 5.82 Å². The molecule has 0 heterocycles. The minimum atomic E-state index is -0.621. The second kappa shape index (κ2) is 3.40. The number of ether oxygens (including phenoxy) is 1. The molecule has 1 aliphatic carbocycles. The van der Waals surface area contributed by atoms with Gasteiger partial charge in [-0.15, -0.1) is 0 Å². The number of benzene rings is 1. The molecular weight excluding hydrogens is 183 g/mol. The summed E-state index contributed by atoms with van der Waals surface area (Å²) in [4.78, 5) is 11.1. The van der Waals surface area contributed by atoms with Gasteiger partial charge < -0.3 is 4.74 Å². The van der Waals surface area contributed by atoms with Gasteiger partial charge in [0.1, 0.15) is 5.82 Å². The second-order valence-electron chi connectivity index (χ2n) is 3.51. The van der Waals surface area contributed by atoms with Gasteiger partial charge in [-0.05, 0) is 36.5 Å². The van der Waals surface area contributed by atoms with E-state index in [9.17, 15) is 9.18 Å². The molecule has 0 aromatic heterocycles. The van der Waals surface area contributed by atoms with Crippen LogP contribution < -0.4 is 0 Å². The molecule has 0 N–H and O–H groups in total. The fraction of sp³-hybridized carbons (Fsp3) is 0.364. The molecular formula is C11H11FO2. The van der Waals surface area contributed by atoms with Crippen molar-refractivity contribution in [2.24, 2.45) is 0 Å². The summed E-state index contributed by atoms with van der Waals surface area (Å²) in [6.45, 7) is 0. The first-order valence-electron chi connectivity index (χ1n) is 4.60. The van der Waals surface area contributed by atoms with Crippen molar-refractivity contribution in [3.63, 3.8) is 0 Å². The monoisotopic (exact) mass is 194 g/mol. The number of carbonyl (C=O) groups excluding carboxylic acids is 1. The first-order chi connectivity index (χ1) is 6.72. The quantitative estimate of drug-likeness (QED) is 0.676. The molecule has 0 radical (unpaired) electrons. The lowest BCUT2D eigenvalue weighted by Gasteiger charge is -2.03. The van der Waals surface area contributed by atoms with Gasteiger partial charge in [-0.2, -0.15) is 0 Å². The maximum absolute atomic E-state index is 13.4. The Labute approximate surface area is 81.7 Å². The Morgan fingerprint density at radius 2 is 2.21 bits per heavy atom. The molecule has 1 aromatic rings. The number of esters is 1. The van der Waals surface area contributed by atoms with Crippen LogP contribution in [0.2, 0.25) is 0 Å². The van der Waals surface area contributed by atoms with Crippen molar-refractivity contribution in [3.8, 4) is 0 Å². The van der Waals surface area contributed by atoms with Crippen molar-refractivity contribution in [3.05, 3.63) is 35.1 Å². The Balaban J connectivity index is 2.30. The highest BCUT2D eigenvalue weighted by Gasteiger charge is 2.25. The molecule has 0 saturated heterocycles. The van der Waals surface area contributed by atoms with Gasteiger partial charge in [-0.1, -0.05) is 6.07 Å². The minimum absolute atomic E-state index is 0.0110. The second-order valence-corrected chi connectivity index (χ2v) is 3.51. The number of hydrogen-bond acceptors (Lipinski definition) is 2.